The standard InChI is InChI=1S/Ca.Mn.H2S.Yb/h;;1H2;. The first-order valence-electron chi connectivity index (χ1n) is 0. The summed E-state index contributed by atoms with van der Waals surface area (Å²) in [6, 6.07) is 0. The van der Waals surface area contributed by atoms with E-state index in [1.165, 1.54) is 0 Å². The van der Waals surface area contributed by atoms with Crippen LogP contribution in [-0.2, 0) is 17.1 Å². The van der Waals surface area contributed by atoms with Gasteiger partial charge >= 0.3 is 0 Å². The Kier molecular flexibility index (Phi) is 101. The summed E-state index contributed by atoms with van der Waals surface area (Å²) in [5.41, 5.74) is 0. The smallest absolute Gasteiger partial charge is 0 e. The molecule has 0 saturated carbocycles. The summed E-state index contributed by atoms with van der Waals surface area (Å²) in [6.45, 7) is 0. The van der Waals surface area contributed by atoms with Gasteiger partial charge in [0.2, 0.25) is 0 Å². The second-order valence-corrected chi connectivity index (χ2v) is 0. The minimum atomic E-state index is 0. The molecule has 0 nitrogen and oxygen atoms in total. The van der Waals surface area contributed by atoms with Crippen LogP contribution in [-0.4, -0.2) is 37.7 Å². The van der Waals surface area contributed by atoms with Gasteiger partial charge in [-0.2, -0.15) is 13.5 Å². The molecule has 0 unspecified atom stereocenters. The van der Waals surface area contributed by atoms with Gasteiger partial charge in [0, 0.05) is 102 Å². The van der Waals surface area contributed by atoms with Crippen LogP contribution in [0.5, 0.6) is 0 Å². The molecular weight excluding hydrogens is 300 g/mol. The molecule has 0 N–H and O–H groups in total. The minimum Gasteiger partial charge on any atom is -0.197 e. The second kappa shape index (κ2) is 15.9. The van der Waals surface area contributed by atoms with E-state index >= 15 is 0 Å². The van der Waals surface area contributed by atoms with Crippen LogP contribution in [0.1, 0.15) is 0 Å². The molecule has 0 aliphatic heterocycles. The van der Waals surface area contributed by atoms with Gasteiger partial charge in [-0.15, -0.1) is 0 Å². The molecule has 0 fully saturated rings. The maximum absolute atomic E-state index is 0. The van der Waals surface area contributed by atoms with Crippen LogP contribution in [0.15, 0.2) is 0 Å². The maximum Gasteiger partial charge on any atom is 0 e. The van der Waals surface area contributed by atoms with E-state index in [4.69, 9.17) is 0 Å². The van der Waals surface area contributed by atoms with Gasteiger partial charge in [-0.3, -0.25) is 0 Å². The normalized spacial score (nSPS) is 0. The fraction of sp³-hybridized carbons (Fsp3) is 0. The summed E-state index contributed by atoms with van der Waals surface area (Å²) in [6.07, 6.45) is 0. The Morgan fingerprint density at radius 3 is 1.00 bits per heavy atom. The van der Waals surface area contributed by atoms with Crippen molar-refractivity contribution in [1.29, 1.82) is 0 Å². The molecule has 0 atom stereocenters. The molecule has 0 heterocycles. The largest absolute Gasteiger partial charge is 0.197 e. The number of hydrogen-bond donors (Lipinski definition) is 0. The third-order valence-electron chi connectivity index (χ3n) is 0. The van der Waals surface area contributed by atoms with E-state index in [9.17, 15) is 0 Å². The van der Waals surface area contributed by atoms with Crippen molar-refractivity contribution in [3.05, 3.63) is 0 Å². The Morgan fingerprint density at radius 2 is 1.00 bits per heavy atom. The molecule has 0 aromatic heterocycles. The summed E-state index contributed by atoms with van der Waals surface area (Å²) in [5, 5.41) is 0. The molecule has 4 heteroatoms. The molecule has 0 spiro atoms. The molecule has 0 aromatic carbocycles. The van der Waals surface area contributed by atoms with Crippen LogP contribution in [0.2, 0.25) is 0 Å². The molecular formula is H2CaMnSYb. The first kappa shape index (κ1) is 25.4. The minimum absolute atomic E-state index is 0. The van der Waals surface area contributed by atoms with E-state index in [1.54, 1.807) is 0 Å². The summed E-state index contributed by atoms with van der Waals surface area (Å²) in [7, 11) is 0. The molecule has 0 aliphatic rings. The van der Waals surface area contributed by atoms with Gasteiger partial charge in [0.25, 0.3) is 0 Å². The van der Waals surface area contributed by atoms with Crippen molar-refractivity contribution in [2.24, 2.45) is 0 Å². The van der Waals surface area contributed by atoms with Gasteiger partial charge in [-0.25, -0.2) is 0 Å². The van der Waals surface area contributed by atoms with Crippen molar-refractivity contribution in [1.82, 2.24) is 0 Å². The second-order valence-electron chi connectivity index (χ2n) is 0. The summed E-state index contributed by atoms with van der Waals surface area (Å²) in [4.78, 5) is 0. The van der Waals surface area contributed by atoms with Crippen molar-refractivity contribution in [3.63, 3.8) is 0 Å². The van der Waals surface area contributed by atoms with E-state index in [-0.39, 0.29) is 115 Å². The van der Waals surface area contributed by atoms with Crippen LogP contribution in [0.4, 0.5) is 0 Å². The van der Waals surface area contributed by atoms with E-state index in [0.717, 1.165) is 0 Å². The van der Waals surface area contributed by atoms with Crippen molar-refractivity contribution in [2.45, 2.75) is 0 Å². The monoisotopic (exact) mass is 303 g/mol. The summed E-state index contributed by atoms with van der Waals surface area (Å²) < 4.78 is 0. The first-order valence-corrected chi connectivity index (χ1v) is 0. The molecule has 0 rings (SSSR count). The maximum atomic E-state index is 0. The van der Waals surface area contributed by atoms with Crippen LogP contribution in [0.25, 0.3) is 0 Å². The van der Waals surface area contributed by atoms with E-state index in [2.05, 4.69) is 0 Å². The van der Waals surface area contributed by atoms with Gasteiger partial charge in [0.05, 0.1) is 0 Å². The molecule has 0 aromatic rings. The summed E-state index contributed by atoms with van der Waals surface area (Å²) >= 11 is 0. The molecule has 3 radical (unpaired) electrons. The Balaban J connectivity index is 0. The fourth-order valence-electron chi connectivity index (χ4n) is 0. The quantitative estimate of drug-likeness (QED) is 0.541. The van der Waals surface area contributed by atoms with Crippen molar-refractivity contribution < 1.29 is 64.0 Å². The Hall–Kier alpha value is 3.65. The van der Waals surface area contributed by atoms with Crippen LogP contribution in [0, 0.1) is 46.9 Å². The third-order valence-corrected chi connectivity index (χ3v) is 0. The average molecular weight is 302 g/mol. The Morgan fingerprint density at radius 1 is 1.00 bits per heavy atom. The zero-order valence-corrected chi connectivity index (χ0v) is 7.96. The molecule has 0 amide bonds. The van der Waals surface area contributed by atoms with E-state index in [1.807, 2.05) is 0 Å². The summed E-state index contributed by atoms with van der Waals surface area (Å²) in [5.74, 6) is 0. The van der Waals surface area contributed by atoms with Crippen molar-refractivity contribution in [2.75, 3.05) is 0 Å². The van der Waals surface area contributed by atoms with Gasteiger partial charge in [0.1, 0.15) is 0 Å². The first-order chi connectivity index (χ1) is 0. The molecule has 4 heavy (non-hydrogen) atoms. The number of rotatable bonds is 0. The van der Waals surface area contributed by atoms with Crippen LogP contribution >= 0.6 is 13.5 Å². The van der Waals surface area contributed by atoms with Gasteiger partial charge in [-0.05, 0) is 0 Å². The molecule has 0 aliphatic carbocycles. The third kappa shape index (κ3) is 9.17. The topological polar surface area (TPSA) is 0 Å². The zero-order valence-electron chi connectivity index (χ0n) is 1.85. The Bertz CT molecular complexity index is 8.00. The zero-order chi connectivity index (χ0) is 0. The number of hydrogen-bond acceptors (Lipinski definition) is 0. The predicted molar refractivity (Wildman–Crippen MR) is 16.1 cm³/mol. The van der Waals surface area contributed by atoms with Crippen molar-refractivity contribution >= 4 is 51.2 Å². The molecule has 0 bridgehead atoms. The van der Waals surface area contributed by atoms with Gasteiger partial charge in [-0.1, -0.05) is 0 Å². The van der Waals surface area contributed by atoms with E-state index in [0.29, 0.717) is 0 Å². The predicted octanol–water partition coefficient (Wildman–Crippen LogP) is -0.271. The Labute approximate surface area is 112 Å². The SMILES string of the molecule is S.[Ca].[Mn].[Yb]. The van der Waals surface area contributed by atoms with E-state index < -0.39 is 0 Å². The fourth-order valence-corrected chi connectivity index (χ4v) is 0. The average Bonchev–Trinajstić information content (AvgIpc) is 0. The van der Waals surface area contributed by atoms with Crippen molar-refractivity contribution in [3.8, 4) is 0 Å². The molecule has 31 valence electrons. The van der Waals surface area contributed by atoms with Gasteiger partial charge < -0.3 is 0 Å². The van der Waals surface area contributed by atoms with Crippen LogP contribution < -0.4 is 0 Å². The van der Waals surface area contributed by atoms with Crippen LogP contribution in [0.3, 0.4) is 0 Å². The van der Waals surface area contributed by atoms with Gasteiger partial charge in [0.15, 0.2) is 0 Å². The molecule has 0 saturated heterocycles.